The summed E-state index contributed by atoms with van der Waals surface area (Å²) in [7, 11) is 1.59. The van der Waals surface area contributed by atoms with E-state index >= 15 is 0 Å². The summed E-state index contributed by atoms with van der Waals surface area (Å²) in [4.78, 5) is 18.7. The minimum absolute atomic E-state index is 0.163. The van der Waals surface area contributed by atoms with Gasteiger partial charge < -0.3 is 5.11 Å². The number of allylic oxidation sites excluding steroid dienone is 1. The molecule has 0 unspecified atom stereocenters. The minimum atomic E-state index is -0.420. The molecule has 0 spiro atoms. The van der Waals surface area contributed by atoms with E-state index in [2.05, 4.69) is 9.98 Å². The summed E-state index contributed by atoms with van der Waals surface area (Å²) in [6.45, 7) is 0. The van der Waals surface area contributed by atoms with E-state index in [-0.39, 0.29) is 16.2 Å². The Hall–Kier alpha value is -2.47. The van der Waals surface area contributed by atoms with Gasteiger partial charge in [-0.2, -0.15) is 0 Å². The fraction of sp³-hybridized carbons (Fsp3) is 0.0714. The molecular formula is C14H11N3O2S. The molecule has 0 saturated heterocycles. The van der Waals surface area contributed by atoms with Crippen LogP contribution < -0.4 is 5.56 Å². The number of aromatic hydroxyl groups is 1. The van der Waals surface area contributed by atoms with Crippen molar-refractivity contribution in [2.24, 2.45) is 12.0 Å². The van der Waals surface area contributed by atoms with E-state index in [9.17, 15) is 9.90 Å². The number of aromatic nitrogens is 2. The molecule has 0 atom stereocenters. The van der Waals surface area contributed by atoms with Crippen molar-refractivity contribution in [2.75, 3.05) is 0 Å². The van der Waals surface area contributed by atoms with E-state index in [4.69, 9.17) is 12.2 Å². The first-order chi connectivity index (χ1) is 9.58. The summed E-state index contributed by atoms with van der Waals surface area (Å²) in [5.41, 5.74) is 2.30. The average molecular weight is 285 g/mol. The molecule has 20 heavy (non-hydrogen) atoms. The Kier molecular flexibility index (Phi) is 2.87. The van der Waals surface area contributed by atoms with Crippen LogP contribution in [0.25, 0.3) is 11.6 Å². The van der Waals surface area contributed by atoms with Crippen molar-refractivity contribution in [2.45, 2.75) is 0 Å². The number of hydrogen-bond acceptors (Lipinski definition) is 4. The van der Waals surface area contributed by atoms with Crippen LogP contribution in [0.4, 0.5) is 5.69 Å². The van der Waals surface area contributed by atoms with Gasteiger partial charge in [0.2, 0.25) is 5.88 Å². The molecule has 1 aliphatic rings. The van der Waals surface area contributed by atoms with Crippen molar-refractivity contribution in [1.82, 2.24) is 9.55 Å². The van der Waals surface area contributed by atoms with Crippen LogP contribution in [0.2, 0.25) is 0 Å². The van der Waals surface area contributed by atoms with Gasteiger partial charge in [0.1, 0.15) is 5.56 Å². The molecule has 0 amide bonds. The molecule has 0 fully saturated rings. The van der Waals surface area contributed by atoms with Gasteiger partial charge in [-0.1, -0.05) is 18.2 Å². The zero-order chi connectivity index (χ0) is 14.3. The highest BCUT2D eigenvalue weighted by molar-refractivity contribution is 7.71. The molecule has 2 N–H and O–H groups in total. The van der Waals surface area contributed by atoms with Gasteiger partial charge in [0, 0.05) is 24.4 Å². The fourth-order valence-corrected chi connectivity index (χ4v) is 2.25. The summed E-state index contributed by atoms with van der Waals surface area (Å²) < 4.78 is 1.52. The van der Waals surface area contributed by atoms with Crippen molar-refractivity contribution < 1.29 is 5.11 Å². The van der Waals surface area contributed by atoms with Gasteiger partial charge in [0.25, 0.3) is 5.56 Å². The van der Waals surface area contributed by atoms with Crippen LogP contribution in [-0.2, 0) is 7.05 Å². The van der Waals surface area contributed by atoms with Crippen molar-refractivity contribution in [3.05, 3.63) is 50.5 Å². The lowest BCUT2D eigenvalue weighted by atomic mass is 10.1. The number of fused-ring (bicyclic) bond motifs is 1. The quantitative estimate of drug-likeness (QED) is 0.790. The molecule has 6 heteroatoms. The number of para-hydroxylation sites is 1. The van der Waals surface area contributed by atoms with Crippen molar-refractivity contribution in [3.8, 4) is 5.88 Å². The fourth-order valence-electron chi connectivity index (χ4n) is 2.07. The number of aromatic amines is 1. The van der Waals surface area contributed by atoms with E-state index in [1.165, 1.54) is 4.57 Å². The van der Waals surface area contributed by atoms with E-state index < -0.39 is 5.56 Å². The van der Waals surface area contributed by atoms with Crippen LogP contribution in [0.5, 0.6) is 5.88 Å². The summed E-state index contributed by atoms with van der Waals surface area (Å²) in [6.07, 6.45) is 3.28. The normalized spacial score (nSPS) is 14.8. The van der Waals surface area contributed by atoms with Crippen LogP contribution in [0, 0.1) is 4.77 Å². The van der Waals surface area contributed by atoms with Gasteiger partial charge in [-0.15, -0.1) is 0 Å². The van der Waals surface area contributed by atoms with Gasteiger partial charge in [0.05, 0.1) is 5.69 Å². The Labute approximate surface area is 119 Å². The molecule has 0 bridgehead atoms. The van der Waals surface area contributed by atoms with Crippen LogP contribution in [0.15, 0.2) is 34.1 Å². The largest absolute Gasteiger partial charge is 0.494 e. The van der Waals surface area contributed by atoms with Gasteiger partial charge in [-0.25, -0.2) is 0 Å². The highest BCUT2D eigenvalue weighted by Crippen LogP contribution is 2.32. The Morgan fingerprint density at radius 2 is 2.15 bits per heavy atom. The van der Waals surface area contributed by atoms with Crippen molar-refractivity contribution in [1.29, 1.82) is 0 Å². The van der Waals surface area contributed by atoms with E-state index in [1.54, 1.807) is 19.3 Å². The molecule has 1 aromatic carbocycles. The number of rotatable bonds is 1. The van der Waals surface area contributed by atoms with Crippen LogP contribution in [0.1, 0.15) is 11.1 Å². The zero-order valence-corrected chi connectivity index (χ0v) is 11.4. The monoisotopic (exact) mass is 285 g/mol. The summed E-state index contributed by atoms with van der Waals surface area (Å²) in [5, 5.41) is 10.1. The molecule has 2 heterocycles. The lowest BCUT2D eigenvalue weighted by Gasteiger charge is -2.06. The maximum atomic E-state index is 11.9. The third kappa shape index (κ3) is 1.90. The van der Waals surface area contributed by atoms with Crippen LogP contribution >= 0.6 is 12.2 Å². The standard InChI is InChI=1S/C14H11N3O2S/c1-17-13(19)10(12(18)16-14(17)20)6-8-7-15-11-5-3-2-4-9(8)11/h2-7,19H,1H3,(H,16,18,20)/b8-6+. The number of hydrogen-bond donors (Lipinski definition) is 2. The lowest BCUT2D eigenvalue weighted by Crippen LogP contribution is -2.15. The molecule has 2 aromatic rings. The summed E-state index contributed by atoms with van der Waals surface area (Å²) in [6, 6.07) is 7.61. The summed E-state index contributed by atoms with van der Waals surface area (Å²) in [5.74, 6) is -0.163. The van der Waals surface area contributed by atoms with Crippen LogP contribution in [-0.4, -0.2) is 20.9 Å². The number of benzene rings is 1. The number of aliphatic imine (C=N–C) groups is 1. The Morgan fingerprint density at radius 1 is 1.40 bits per heavy atom. The molecule has 1 aliphatic heterocycles. The Morgan fingerprint density at radius 3 is 2.95 bits per heavy atom. The van der Waals surface area contributed by atoms with E-state index in [0.717, 1.165) is 16.8 Å². The molecular weight excluding hydrogens is 274 g/mol. The second kappa shape index (κ2) is 4.57. The molecule has 3 rings (SSSR count). The average Bonchev–Trinajstić information content (AvgIpc) is 2.84. The number of nitrogens with zero attached hydrogens (tertiary/aromatic N) is 2. The highest BCUT2D eigenvalue weighted by Gasteiger charge is 2.14. The second-order valence-corrected chi connectivity index (χ2v) is 4.82. The Bertz CT molecular complexity index is 875. The zero-order valence-electron chi connectivity index (χ0n) is 10.6. The van der Waals surface area contributed by atoms with Gasteiger partial charge in [-0.05, 0) is 24.4 Å². The van der Waals surface area contributed by atoms with Crippen molar-refractivity contribution >= 4 is 35.8 Å². The van der Waals surface area contributed by atoms with E-state index in [1.807, 2.05) is 24.3 Å². The predicted molar refractivity (Wildman–Crippen MR) is 81.0 cm³/mol. The Balaban J connectivity index is 2.21. The SMILES string of the molecule is Cn1c(O)c(/C=C2\C=Nc3ccccc32)c(=O)[nH]c1=S. The molecule has 0 radical (unpaired) electrons. The summed E-state index contributed by atoms with van der Waals surface area (Å²) >= 11 is 4.93. The maximum Gasteiger partial charge on any atom is 0.262 e. The first-order valence-corrected chi connectivity index (χ1v) is 6.36. The highest BCUT2D eigenvalue weighted by atomic mass is 32.1. The lowest BCUT2D eigenvalue weighted by molar-refractivity contribution is 0.419. The number of H-pyrrole nitrogens is 1. The maximum absolute atomic E-state index is 11.9. The van der Waals surface area contributed by atoms with Crippen LogP contribution in [0.3, 0.4) is 0 Å². The third-order valence-electron chi connectivity index (χ3n) is 3.19. The first-order valence-electron chi connectivity index (χ1n) is 5.95. The van der Waals surface area contributed by atoms with Crippen molar-refractivity contribution in [3.63, 3.8) is 0 Å². The van der Waals surface area contributed by atoms with Gasteiger partial charge >= 0.3 is 0 Å². The number of nitrogens with one attached hydrogen (secondary N) is 1. The topological polar surface area (TPSA) is 70.4 Å². The smallest absolute Gasteiger partial charge is 0.262 e. The van der Waals surface area contributed by atoms with Gasteiger partial charge in [0.15, 0.2) is 4.77 Å². The molecule has 1 aromatic heterocycles. The minimum Gasteiger partial charge on any atom is -0.494 e. The third-order valence-corrected chi connectivity index (χ3v) is 3.56. The second-order valence-electron chi connectivity index (χ2n) is 4.43. The molecule has 0 saturated carbocycles. The molecule has 5 nitrogen and oxygen atoms in total. The molecule has 100 valence electrons. The van der Waals surface area contributed by atoms with Gasteiger partial charge in [-0.3, -0.25) is 19.3 Å². The first kappa shape index (κ1) is 12.6. The predicted octanol–water partition coefficient (Wildman–Crippen LogP) is 2.40. The van der Waals surface area contributed by atoms with E-state index in [0.29, 0.717) is 0 Å². The molecule has 0 aliphatic carbocycles.